The number of thioether (sulfide) groups is 1. The number of rotatable bonds is 3. The normalized spacial score (nSPS) is 12.2. The summed E-state index contributed by atoms with van der Waals surface area (Å²) in [6.45, 7) is 8.26. The minimum Gasteiger partial charge on any atom is -0.507 e. The van der Waals surface area contributed by atoms with Crippen molar-refractivity contribution in [2.75, 3.05) is 5.32 Å². The van der Waals surface area contributed by atoms with Crippen molar-refractivity contribution >= 4 is 23.4 Å². The number of carbonyl (C=O) groups excluding carboxylic acids is 1. The summed E-state index contributed by atoms with van der Waals surface area (Å²) in [6.07, 6.45) is 0. The quantitative estimate of drug-likeness (QED) is 0.456. The summed E-state index contributed by atoms with van der Waals surface area (Å²) in [6, 6.07) is 5.08. The summed E-state index contributed by atoms with van der Waals surface area (Å²) >= 11 is -0.252. The molecule has 0 aliphatic carbocycles. The summed E-state index contributed by atoms with van der Waals surface area (Å²) in [5, 5.41) is 13.1. The molecule has 2 N–H and O–H groups in total. The van der Waals surface area contributed by atoms with Gasteiger partial charge in [0, 0.05) is 21.7 Å². The van der Waals surface area contributed by atoms with E-state index in [4.69, 9.17) is 0 Å². The van der Waals surface area contributed by atoms with Crippen molar-refractivity contribution < 1.29 is 27.5 Å². The van der Waals surface area contributed by atoms with E-state index in [0.717, 1.165) is 0 Å². The Hall–Kier alpha value is -2.22. The number of phenols is 1. The molecule has 3 nitrogen and oxygen atoms in total. The first-order valence-corrected chi connectivity index (χ1v) is 9.22. The molecule has 0 radical (unpaired) electrons. The van der Waals surface area contributed by atoms with E-state index in [1.54, 1.807) is 27.7 Å². The predicted octanol–water partition coefficient (Wildman–Crippen LogP) is 6.31. The monoisotopic (exact) mass is 415 g/mol. The number of halogens is 4. The Morgan fingerprint density at radius 1 is 1.11 bits per heavy atom. The van der Waals surface area contributed by atoms with Crippen molar-refractivity contribution in [1.82, 2.24) is 0 Å². The van der Waals surface area contributed by atoms with Gasteiger partial charge >= 0.3 is 5.51 Å². The Balaban J connectivity index is 2.40. The van der Waals surface area contributed by atoms with Crippen molar-refractivity contribution in [2.24, 2.45) is 0 Å². The molecule has 0 saturated heterocycles. The maximum absolute atomic E-state index is 14.3. The van der Waals surface area contributed by atoms with Crippen LogP contribution in [0.5, 0.6) is 5.75 Å². The molecule has 1 amide bonds. The van der Waals surface area contributed by atoms with Crippen molar-refractivity contribution in [2.45, 2.75) is 50.4 Å². The second-order valence-corrected chi connectivity index (χ2v) is 8.62. The third-order valence-electron chi connectivity index (χ3n) is 4.21. The molecule has 0 atom stereocenters. The van der Waals surface area contributed by atoms with E-state index in [1.807, 2.05) is 0 Å². The molecule has 2 rings (SSSR count). The first-order chi connectivity index (χ1) is 12.7. The van der Waals surface area contributed by atoms with Gasteiger partial charge in [-0.25, -0.2) is 4.39 Å². The average molecular weight is 415 g/mol. The highest BCUT2D eigenvalue weighted by Gasteiger charge is 2.30. The maximum Gasteiger partial charge on any atom is 0.446 e. The van der Waals surface area contributed by atoms with E-state index >= 15 is 0 Å². The second-order valence-electron chi connectivity index (χ2n) is 7.48. The molecule has 28 heavy (non-hydrogen) atoms. The first-order valence-electron chi connectivity index (χ1n) is 8.41. The third kappa shape index (κ3) is 4.98. The highest BCUT2D eigenvalue weighted by molar-refractivity contribution is 8.00. The van der Waals surface area contributed by atoms with Crippen LogP contribution in [0.4, 0.5) is 23.2 Å². The number of hydrogen-bond acceptors (Lipinski definition) is 3. The molecular formula is C20H21F4NO2S. The number of aryl methyl sites for hydroxylation is 1. The van der Waals surface area contributed by atoms with Crippen LogP contribution in [0, 0.1) is 19.7 Å². The highest BCUT2D eigenvalue weighted by atomic mass is 32.2. The van der Waals surface area contributed by atoms with Gasteiger partial charge in [-0.1, -0.05) is 20.8 Å². The first kappa shape index (κ1) is 22.1. The SMILES string of the molecule is Cc1cc(SC(F)(F)F)ccc1NC(=O)c1c(C)c(F)cc(C(C)(C)C)c1O. The Morgan fingerprint density at radius 2 is 1.71 bits per heavy atom. The van der Waals surface area contributed by atoms with E-state index in [2.05, 4.69) is 5.32 Å². The molecule has 0 aliphatic rings. The van der Waals surface area contributed by atoms with Crippen LogP contribution in [0.1, 0.15) is 47.8 Å². The number of aromatic hydroxyl groups is 1. The third-order valence-corrected chi connectivity index (χ3v) is 4.93. The maximum atomic E-state index is 14.3. The molecule has 0 bridgehead atoms. The number of alkyl halides is 3. The summed E-state index contributed by atoms with van der Waals surface area (Å²) in [5.74, 6) is -1.67. The highest BCUT2D eigenvalue weighted by Crippen LogP contribution is 2.39. The fraction of sp³-hybridized carbons (Fsp3) is 0.350. The molecular weight excluding hydrogens is 394 g/mol. The number of amides is 1. The number of hydrogen-bond donors (Lipinski definition) is 2. The molecule has 0 spiro atoms. The van der Waals surface area contributed by atoms with Crippen LogP contribution < -0.4 is 5.32 Å². The zero-order valence-electron chi connectivity index (χ0n) is 16.1. The molecule has 0 fully saturated rings. The van der Waals surface area contributed by atoms with Crippen molar-refractivity contribution in [3.8, 4) is 5.75 Å². The summed E-state index contributed by atoms with van der Waals surface area (Å²) < 4.78 is 51.8. The largest absolute Gasteiger partial charge is 0.507 e. The van der Waals surface area contributed by atoms with Gasteiger partial charge in [0.05, 0.1) is 5.56 Å². The lowest BCUT2D eigenvalue weighted by molar-refractivity contribution is -0.0328. The number of anilines is 1. The molecule has 152 valence electrons. The molecule has 0 saturated carbocycles. The number of nitrogens with one attached hydrogen (secondary N) is 1. The number of phenolic OH excluding ortho intramolecular Hbond substituents is 1. The standard InChI is InChI=1S/C20H21F4NO2S/c1-10-8-12(28-20(22,23)24)6-7-15(10)25-18(27)16-11(2)14(21)9-13(17(16)26)19(3,4)5/h6-9,26H,1-5H3,(H,25,27). The lowest BCUT2D eigenvalue weighted by Gasteiger charge is -2.23. The van der Waals surface area contributed by atoms with Gasteiger partial charge in [0.1, 0.15) is 11.6 Å². The molecule has 0 aliphatic heterocycles. The van der Waals surface area contributed by atoms with Gasteiger partial charge in [0.25, 0.3) is 5.91 Å². The molecule has 8 heteroatoms. The Kier molecular flexibility index (Phi) is 6.04. The van der Waals surface area contributed by atoms with Gasteiger partial charge in [-0.15, -0.1) is 0 Å². The van der Waals surface area contributed by atoms with Gasteiger partial charge in [0.2, 0.25) is 0 Å². The van der Waals surface area contributed by atoms with E-state index in [1.165, 1.54) is 31.2 Å². The van der Waals surface area contributed by atoms with Crippen LogP contribution in [0.3, 0.4) is 0 Å². The Bertz CT molecular complexity index is 918. The van der Waals surface area contributed by atoms with E-state index in [-0.39, 0.29) is 44.8 Å². The van der Waals surface area contributed by atoms with Crippen LogP contribution in [-0.4, -0.2) is 16.5 Å². The zero-order chi connectivity index (χ0) is 21.4. The van der Waals surface area contributed by atoms with Gasteiger partial charge < -0.3 is 10.4 Å². The second kappa shape index (κ2) is 7.66. The van der Waals surface area contributed by atoms with Crippen LogP contribution >= 0.6 is 11.8 Å². The Morgan fingerprint density at radius 3 is 2.21 bits per heavy atom. The van der Waals surface area contributed by atoms with Crippen LogP contribution in [-0.2, 0) is 5.41 Å². The molecule has 0 aromatic heterocycles. The van der Waals surface area contributed by atoms with Gasteiger partial charge in [-0.2, -0.15) is 13.2 Å². The minimum atomic E-state index is -4.41. The van der Waals surface area contributed by atoms with Crippen molar-refractivity contribution in [3.05, 3.63) is 52.3 Å². The number of carbonyl (C=O) groups is 1. The topological polar surface area (TPSA) is 49.3 Å². The molecule has 0 heterocycles. The van der Waals surface area contributed by atoms with Crippen LogP contribution in [0.2, 0.25) is 0 Å². The fourth-order valence-electron chi connectivity index (χ4n) is 2.74. The van der Waals surface area contributed by atoms with Crippen LogP contribution in [0.25, 0.3) is 0 Å². The fourth-order valence-corrected chi connectivity index (χ4v) is 3.38. The van der Waals surface area contributed by atoms with Gasteiger partial charge in [-0.3, -0.25) is 4.79 Å². The lowest BCUT2D eigenvalue weighted by atomic mass is 9.84. The lowest BCUT2D eigenvalue weighted by Crippen LogP contribution is -2.19. The Labute approximate surface area is 165 Å². The van der Waals surface area contributed by atoms with Crippen molar-refractivity contribution in [3.63, 3.8) is 0 Å². The van der Waals surface area contributed by atoms with Gasteiger partial charge in [0.15, 0.2) is 0 Å². The summed E-state index contributed by atoms with van der Waals surface area (Å²) in [4.78, 5) is 12.7. The molecule has 0 unspecified atom stereocenters. The summed E-state index contributed by atoms with van der Waals surface area (Å²) in [7, 11) is 0. The summed E-state index contributed by atoms with van der Waals surface area (Å²) in [5.41, 5.74) is -4.24. The van der Waals surface area contributed by atoms with Crippen molar-refractivity contribution in [1.29, 1.82) is 0 Å². The number of benzene rings is 2. The average Bonchev–Trinajstić information content (AvgIpc) is 2.51. The minimum absolute atomic E-state index is 0.00935. The van der Waals surface area contributed by atoms with Gasteiger partial charge in [-0.05, 0) is 60.9 Å². The van der Waals surface area contributed by atoms with Crippen LogP contribution in [0.15, 0.2) is 29.2 Å². The van der Waals surface area contributed by atoms with E-state index in [9.17, 15) is 27.5 Å². The smallest absolute Gasteiger partial charge is 0.446 e. The molecule has 2 aromatic rings. The van der Waals surface area contributed by atoms with E-state index in [0.29, 0.717) is 5.56 Å². The predicted molar refractivity (Wildman–Crippen MR) is 103 cm³/mol. The van der Waals surface area contributed by atoms with E-state index < -0.39 is 22.6 Å². The molecule has 2 aromatic carbocycles. The zero-order valence-corrected chi connectivity index (χ0v) is 16.9.